The van der Waals surface area contributed by atoms with Gasteiger partial charge in [0.05, 0.1) is 6.10 Å². The van der Waals surface area contributed by atoms with Crippen LogP contribution in [0.3, 0.4) is 0 Å². The summed E-state index contributed by atoms with van der Waals surface area (Å²) in [7, 11) is -4.13. The number of aliphatic hydroxyl groups is 1. The first-order valence-corrected chi connectivity index (χ1v) is 6.41. The van der Waals surface area contributed by atoms with Gasteiger partial charge >= 0.3 is 29.6 Å². The molecule has 0 aromatic heterocycles. The van der Waals surface area contributed by atoms with Crippen LogP contribution in [0.15, 0.2) is 24.3 Å². The molecule has 0 spiro atoms. The van der Waals surface area contributed by atoms with Gasteiger partial charge in [-0.15, -0.1) is 0 Å². The van der Waals surface area contributed by atoms with Crippen LogP contribution in [0.1, 0.15) is 6.99 Å². The molecule has 17 heavy (non-hydrogen) atoms. The molecule has 1 aromatic rings. The number of benzene rings is 1. The summed E-state index contributed by atoms with van der Waals surface area (Å²) in [5.74, 6) is -0.661. The zero-order chi connectivity index (χ0) is 12.2. The third-order valence-electron chi connectivity index (χ3n) is 1.96. The average molecular weight is 269 g/mol. The van der Waals surface area contributed by atoms with Crippen molar-refractivity contribution in [3.8, 4) is 0 Å². The second-order valence-electron chi connectivity index (χ2n) is 3.65. The molecule has 92 valence electrons. The first kappa shape index (κ1) is 16.9. The van der Waals surface area contributed by atoms with Crippen molar-refractivity contribution in [3.05, 3.63) is 29.8 Å². The van der Waals surface area contributed by atoms with Crippen LogP contribution in [0.2, 0.25) is 0 Å². The molecule has 0 aliphatic carbocycles. The minimum Gasteiger partial charge on any atom is -1.00 e. The molecule has 7 heteroatoms. The van der Waals surface area contributed by atoms with Gasteiger partial charge in [0.2, 0.25) is 0 Å². The van der Waals surface area contributed by atoms with Gasteiger partial charge in [-0.2, -0.15) is 8.42 Å². The second kappa shape index (κ2) is 7.35. The SMILES string of the molecule is Cc1cccc(NCC(O)CS(=O)(=O)O)c1.[H-].[Na+]. The molecule has 0 amide bonds. The summed E-state index contributed by atoms with van der Waals surface area (Å²) >= 11 is 0. The Hall–Kier alpha value is -0.110. The minimum absolute atomic E-state index is 0. The normalized spacial score (nSPS) is 12.6. The molecule has 0 aliphatic rings. The Morgan fingerprint density at radius 1 is 1.47 bits per heavy atom. The number of hydrogen-bond donors (Lipinski definition) is 3. The van der Waals surface area contributed by atoms with E-state index in [2.05, 4.69) is 5.32 Å². The van der Waals surface area contributed by atoms with Crippen molar-refractivity contribution in [2.45, 2.75) is 13.0 Å². The number of aryl methyl sites for hydroxylation is 1. The van der Waals surface area contributed by atoms with Gasteiger partial charge in [-0.05, 0) is 24.6 Å². The molecule has 0 bridgehead atoms. The van der Waals surface area contributed by atoms with Crippen LogP contribution in [0.4, 0.5) is 5.69 Å². The molecular formula is C10H16NNaO4S. The summed E-state index contributed by atoms with van der Waals surface area (Å²) in [6.45, 7) is 2.00. The predicted molar refractivity (Wildman–Crippen MR) is 63.2 cm³/mol. The first-order valence-electron chi connectivity index (χ1n) is 4.80. The summed E-state index contributed by atoms with van der Waals surface area (Å²) in [5.41, 5.74) is 1.86. The number of rotatable bonds is 5. The van der Waals surface area contributed by atoms with Gasteiger partial charge in [0.15, 0.2) is 0 Å². The maximum atomic E-state index is 10.5. The van der Waals surface area contributed by atoms with Gasteiger partial charge in [0.1, 0.15) is 5.75 Å². The Morgan fingerprint density at radius 3 is 2.65 bits per heavy atom. The Bertz CT molecular complexity index is 455. The number of nitrogens with one attached hydrogen (secondary N) is 1. The molecule has 1 aromatic carbocycles. The van der Waals surface area contributed by atoms with E-state index in [-0.39, 0.29) is 37.5 Å². The van der Waals surface area contributed by atoms with Crippen molar-refractivity contribution in [2.75, 3.05) is 17.6 Å². The van der Waals surface area contributed by atoms with Crippen LogP contribution in [-0.2, 0) is 10.1 Å². The fourth-order valence-corrected chi connectivity index (χ4v) is 1.90. The maximum Gasteiger partial charge on any atom is 1.00 e. The van der Waals surface area contributed by atoms with Gasteiger partial charge in [-0.25, -0.2) is 0 Å². The number of aliphatic hydroxyl groups excluding tert-OH is 1. The number of hydrogen-bond acceptors (Lipinski definition) is 4. The van der Waals surface area contributed by atoms with Crippen LogP contribution in [0.25, 0.3) is 0 Å². The first-order chi connectivity index (χ1) is 7.37. The molecule has 0 saturated carbocycles. The van der Waals surface area contributed by atoms with Crippen molar-refractivity contribution in [1.82, 2.24) is 0 Å². The third-order valence-corrected chi connectivity index (χ3v) is 2.77. The minimum atomic E-state index is -4.13. The van der Waals surface area contributed by atoms with E-state index in [9.17, 15) is 13.5 Å². The third kappa shape index (κ3) is 7.75. The summed E-state index contributed by atoms with van der Waals surface area (Å²) < 4.78 is 29.5. The van der Waals surface area contributed by atoms with Crippen LogP contribution in [-0.4, -0.2) is 36.5 Å². The van der Waals surface area contributed by atoms with E-state index in [4.69, 9.17) is 4.55 Å². The summed E-state index contributed by atoms with van der Waals surface area (Å²) in [6.07, 6.45) is -1.13. The molecule has 1 atom stereocenters. The molecule has 3 N–H and O–H groups in total. The molecular weight excluding hydrogens is 253 g/mol. The van der Waals surface area contributed by atoms with Crippen molar-refractivity contribution in [3.63, 3.8) is 0 Å². The Labute approximate surface area is 125 Å². The van der Waals surface area contributed by atoms with Gasteiger partial charge in [0, 0.05) is 12.2 Å². The molecule has 0 saturated heterocycles. The second-order valence-corrected chi connectivity index (χ2v) is 5.15. The van der Waals surface area contributed by atoms with Crippen LogP contribution in [0.5, 0.6) is 0 Å². The van der Waals surface area contributed by atoms with E-state index in [0.29, 0.717) is 0 Å². The van der Waals surface area contributed by atoms with Crippen molar-refractivity contribution < 1.29 is 49.1 Å². The van der Waals surface area contributed by atoms with Crippen LogP contribution >= 0.6 is 0 Å². The Morgan fingerprint density at radius 2 is 2.12 bits per heavy atom. The molecule has 0 heterocycles. The summed E-state index contributed by atoms with van der Waals surface area (Å²) in [5, 5.41) is 12.2. The largest absolute Gasteiger partial charge is 1.00 e. The molecule has 5 nitrogen and oxygen atoms in total. The van der Waals surface area contributed by atoms with Crippen molar-refractivity contribution >= 4 is 15.8 Å². The average Bonchev–Trinajstić information content (AvgIpc) is 2.12. The fraction of sp³-hybridized carbons (Fsp3) is 0.400. The number of anilines is 1. The predicted octanol–water partition coefficient (Wildman–Crippen LogP) is -2.23. The standard InChI is InChI=1S/C10H15NO4S.Na.H/c1-8-3-2-4-9(5-8)11-6-10(12)7-16(13,14)15;;/h2-5,10-12H,6-7H2,1H3,(H,13,14,15);;/q;+1;-1. The van der Waals surface area contributed by atoms with Gasteiger partial charge in [-0.3, -0.25) is 4.55 Å². The van der Waals surface area contributed by atoms with E-state index in [1.165, 1.54) is 0 Å². The van der Waals surface area contributed by atoms with Gasteiger partial charge in [0.25, 0.3) is 10.1 Å². The monoisotopic (exact) mass is 269 g/mol. The Balaban J connectivity index is 0. The molecule has 0 radical (unpaired) electrons. The van der Waals surface area contributed by atoms with Crippen molar-refractivity contribution in [2.24, 2.45) is 0 Å². The van der Waals surface area contributed by atoms with E-state index in [1.807, 2.05) is 31.2 Å². The van der Waals surface area contributed by atoms with Crippen LogP contribution < -0.4 is 34.9 Å². The molecule has 1 rings (SSSR count). The van der Waals surface area contributed by atoms with E-state index in [0.717, 1.165) is 11.3 Å². The van der Waals surface area contributed by atoms with E-state index >= 15 is 0 Å². The quantitative estimate of drug-likeness (QED) is 0.416. The molecule has 0 aliphatic heterocycles. The van der Waals surface area contributed by atoms with E-state index < -0.39 is 22.0 Å². The van der Waals surface area contributed by atoms with Crippen LogP contribution in [0, 0.1) is 6.92 Å². The zero-order valence-electron chi connectivity index (χ0n) is 10.9. The molecule has 1 unspecified atom stereocenters. The van der Waals surface area contributed by atoms with Gasteiger partial charge < -0.3 is 11.8 Å². The van der Waals surface area contributed by atoms with Crippen molar-refractivity contribution in [1.29, 1.82) is 0 Å². The smallest absolute Gasteiger partial charge is 1.00 e. The molecule has 0 fully saturated rings. The topological polar surface area (TPSA) is 86.6 Å². The van der Waals surface area contributed by atoms with E-state index in [1.54, 1.807) is 0 Å². The summed E-state index contributed by atoms with van der Waals surface area (Å²) in [6, 6.07) is 7.47. The summed E-state index contributed by atoms with van der Waals surface area (Å²) in [4.78, 5) is 0. The fourth-order valence-electron chi connectivity index (χ4n) is 1.29. The zero-order valence-corrected chi connectivity index (χ0v) is 12.7. The van der Waals surface area contributed by atoms with Gasteiger partial charge in [-0.1, -0.05) is 12.1 Å². The maximum absolute atomic E-state index is 10.5. The Kier molecular flexibility index (Phi) is 7.30.